The Morgan fingerprint density at radius 3 is 2.57 bits per heavy atom. The van der Waals surface area contributed by atoms with E-state index < -0.39 is 6.10 Å². The van der Waals surface area contributed by atoms with Crippen LogP contribution in [0, 0.1) is 5.92 Å². The minimum absolute atomic E-state index is 0.119. The van der Waals surface area contributed by atoms with Gasteiger partial charge in [0.05, 0.1) is 12.1 Å². The predicted octanol–water partition coefficient (Wildman–Crippen LogP) is 1.81. The maximum Gasteiger partial charge on any atom is 0.243 e. The van der Waals surface area contributed by atoms with Crippen LogP contribution in [0.1, 0.15) is 45.5 Å². The molecule has 0 aliphatic heterocycles. The molecule has 0 aliphatic rings. The van der Waals surface area contributed by atoms with Gasteiger partial charge in [-0.15, -0.1) is 10.2 Å². The van der Waals surface area contributed by atoms with E-state index in [1.54, 1.807) is 0 Å². The summed E-state index contributed by atoms with van der Waals surface area (Å²) < 4.78 is 0. The summed E-state index contributed by atoms with van der Waals surface area (Å²) in [5, 5.41) is 25.1. The summed E-state index contributed by atoms with van der Waals surface area (Å²) in [7, 11) is 0. The largest absolute Gasteiger partial charge is 0.392 e. The van der Waals surface area contributed by atoms with Crippen LogP contribution in [0.5, 0.6) is 0 Å². The van der Waals surface area contributed by atoms with Gasteiger partial charge in [0.25, 0.3) is 0 Å². The van der Waals surface area contributed by atoms with Crippen LogP contribution in [0.15, 0.2) is 0 Å². The molecule has 0 radical (unpaired) electrons. The Morgan fingerprint density at radius 2 is 2.05 bits per heavy atom. The lowest BCUT2D eigenvalue weighted by atomic mass is 10.1. The zero-order valence-corrected chi connectivity index (χ0v) is 14.0. The van der Waals surface area contributed by atoms with Crippen LogP contribution in [0.3, 0.4) is 0 Å². The van der Waals surface area contributed by atoms with Gasteiger partial charge in [-0.3, -0.25) is 10.1 Å². The molecule has 7 heteroatoms. The van der Waals surface area contributed by atoms with Crippen LogP contribution in [0.2, 0.25) is 0 Å². The first-order valence-electron chi connectivity index (χ1n) is 7.52. The van der Waals surface area contributed by atoms with Gasteiger partial charge < -0.3 is 10.4 Å². The minimum Gasteiger partial charge on any atom is -0.392 e. The number of anilines is 1. The first-order chi connectivity index (χ1) is 9.97. The standard InChI is InChI=1S/C14H26N4O2S/c1-5-7-10(15-8-11(19)9(3)4)13(20)16-14-18-17-12(6-2)21-14/h9-11,15,19H,5-8H2,1-4H3,(H,16,18,20). The summed E-state index contributed by atoms with van der Waals surface area (Å²) in [5.74, 6) is 0.0460. The van der Waals surface area contributed by atoms with Gasteiger partial charge in [0.1, 0.15) is 5.01 Å². The lowest BCUT2D eigenvalue weighted by molar-refractivity contribution is -0.118. The number of hydrogen-bond acceptors (Lipinski definition) is 6. The molecule has 1 rings (SSSR count). The summed E-state index contributed by atoms with van der Waals surface area (Å²) in [6.07, 6.45) is 1.96. The summed E-state index contributed by atoms with van der Waals surface area (Å²) >= 11 is 1.39. The molecule has 2 atom stereocenters. The molecule has 0 saturated heterocycles. The average molecular weight is 314 g/mol. The summed E-state index contributed by atoms with van der Waals surface area (Å²) in [6, 6.07) is -0.322. The van der Waals surface area contributed by atoms with Crippen LogP contribution >= 0.6 is 11.3 Å². The molecular weight excluding hydrogens is 288 g/mol. The zero-order valence-electron chi connectivity index (χ0n) is 13.2. The highest BCUT2D eigenvalue weighted by atomic mass is 32.1. The van der Waals surface area contributed by atoms with E-state index in [-0.39, 0.29) is 17.9 Å². The van der Waals surface area contributed by atoms with Crippen LogP contribution in [-0.4, -0.2) is 39.9 Å². The predicted molar refractivity (Wildman–Crippen MR) is 85.5 cm³/mol. The topological polar surface area (TPSA) is 87.1 Å². The van der Waals surface area contributed by atoms with Gasteiger partial charge in [0, 0.05) is 6.54 Å². The summed E-state index contributed by atoms with van der Waals surface area (Å²) in [5.41, 5.74) is 0. The van der Waals surface area contributed by atoms with E-state index in [2.05, 4.69) is 20.8 Å². The second-order valence-corrected chi connectivity index (χ2v) is 6.47. The normalized spacial score (nSPS) is 14.2. The number of aromatic nitrogens is 2. The van der Waals surface area contributed by atoms with Gasteiger partial charge in [-0.05, 0) is 18.8 Å². The lowest BCUT2D eigenvalue weighted by Crippen LogP contribution is -2.44. The Bertz CT molecular complexity index is 436. The molecule has 0 aliphatic carbocycles. The number of aryl methyl sites for hydroxylation is 1. The van der Waals surface area contributed by atoms with E-state index in [9.17, 15) is 9.90 Å². The number of hydrogen-bond donors (Lipinski definition) is 3. The second kappa shape index (κ2) is 9.07. The summed E-state index contributed by atoms with van der Waals surface area (Å²) in [4.78, 5) is 12.3. The quantitative estimate of drug-likeness (QED) is 0.647. The number of nitrogens with one attached hydrogen (secondary N) is 2. The van der Waals surface area contributed by atoms with Crippen LogP contribution in [0.25, 0.3) is 0 Å². The minimum atomic E-state index is -0.453. The highest BCUT2D eigenvalue weighted by Gasteiger charge is 2.20. The molecule has 21 heavy (non-hydrogen) atoms. The Balaban J connectivity index is 2.55. The third-order valence-corrected chi connectivity index (χ3v) is 4.22. The fourth-order valence-electron chi connectivity index (χ4n) is 1.75. The smallest absolute Gasteiger partial charge is 0.243 e. The third-order valence-electron chi connectivity index (χ3n) is 3.24. The van der Waals surface area contributed by atoms with Crippen molar-refractivity contribution < 1.29 is 9.90 Å². The molecule has 1 heterocycles. The molecule has 120 valence electrons. The van der Waals surface area contributed by atoms with Crippen molar-refractivity contribution in [2.24, 2.45) is 5.92 Å². The van der Waals surface area contributed by atoms with E-state index in [0.717, 1.165) is 24.3 Å². The molecule has 0 fully saturated rings. The summed E-state index contributed by atoms with van der Waals surface area (Å²) in [6.45, 7) is 8.34. The monoisotopic (exact) mass is 314 g/mol. The lowest BCUT2D eigenvalue weighted by Gasteiger charge is -2.21. The molecule has 1 amide bonds. The first kappa shape index (κ1) is 18.0. The van der Waals surface area contributed by atoms with Gasteiger partial charge in [0.2, 0.25) is 11.0 Å². The molecule has 0 spiro atoms. The van der Waals surface area contributed by atoms with Crippen molar-refractivity contribution in [3.8, 4) is 0 Å². The van der Waals surface area contributed by atoms with E-state index in [0.29, 0.717) is 11.7 Å². The van der Waals surface area contributed by atoms with Crippen molar-refractivity contribution >= 4 is 22.4 Å². The number of rotatable bonds is 9. The molecule has 0 saturated carbocycles. The van der Waals surface area contributed by atoms with Crippen molar-refractivity contribution in [3.63, 3.8) is 0 Å². The molecule has 0 bridgehead atoms. The van der Waals surface area contributed by atoms with Crippen molar-refractivity contribution in [1.82, 2.24) is 15.5 Å². The SMILES string of the molecule is CCCC(NCC(O)C(C)C)C(=O)Nc1nnc(CC)s1. The number of amides is 1. The Labute approximate surface area is 130 Å². The van der Waals surface area contributed by atoms with Crippen molar-refractivity contribution in [3.05, 3.63) is 5.01 Å². The maximum absolute atomic E-state index is 12.3. The van der Waals surface area contributed by atoms with E-state index in [1.807, 2.05) is 27.7 Å². The number of nitrogens with zero attached hydrogens (tertiary/aromatic N) is 2. The number of carbonyl (C=O) groups excluding carboxylic acids is 1. The molecular formula is C14H26N4O2S. The molecule has 1 aromatic rings. The van der Waals surface area contributed by atoms with E-state index in [4.69, 9.17) is 0 Å². The van der Waals surface area contributed by atoms with Crippen LogP contribution in [0.4, 0.5) is 5.13 Å². The first-order valence-corrected chi connectivity index (χ1v) is 8.34. The Hall–Kier alpha value is -1.05. The van der Waals surface area contributed by atoms with Gasteiger partial charge in [-0.1, -0.05) is 45.5 Å². The average Bonchev–Trinajstić information content (AvgIpc) is 2.90. The van der Waals surface area contributed by atoms with Crippen molar-refractivity contribution in [2.45, 2.75) is 59.1 Å². The van der Waals surface area contributed by atoms with Crippen LogP contribution < -0.4 is 10.6 Å². The zero-order chi connectivity index (χ0) is 15.8. The number of aliphatic hydroxyl groups excluding tert-OH is 1. The molecule has 6 nitrogen and oxygen atoms in total. The van der Waals surface area contributed by atoms with E-state index in [1.165, 1.54) is 11.3 Å². The highest BCUT2D eigenvalue weighted by Crippen LogP contribution is 2.16. The van der Waals surface area contributed by atoms with Crippen molar-refractivity contribution in [2.75, 3.05) is 11.9 Å². The van der Waals surface area contributed by atoms with Gasteiger partial charge >= 0.3 is 0 Å². The van der Waals surface area contributed by atoms with Gasteiger partial charge in [-0.25, -0.2) is 0 Å². The van der Waals surface area contributed by atoms with E-state index >= 15 is 0 Å². The maximum atomic E-state index is 12.3. The number of carbonyl (C=O) groups is 1. The van der Waals surface area contributed by atoms with Gasteiger partial charge in [-0.2, -0.15) is 0 Å². The van der Waals surface area contributed by atoms with Crippen molar-refractivity contribution in [1.29, 1.82) is 0 Å². The molecule has 1 aromatic heterocycles. The molecule has 0 aromatic carbocycles. The van der Waals surface area contributed by atoms with Crippen LogP contribution in [-0.2, 0) is 11.2 Å². The van der Waals surface area contributed by atoms with Gasteiger partial charge in [0.15, 0.2) is 0 Å². The molecule has 3 N–H and O–H groups in total. The third kappa shape index (κ3) is 6.07. The fraction of sp³-hybridized carbons (Fsp3) is 0.786. The fourth-order valence-corrected chi connectivity index (χ4v) is 2.44. The Morgan fingerprint density at radius 1 is 1.33 bits per heavy atom. The second-order valence-electron chi connectivity index (χ2n) is 5.40. The Kier molecular flexibility index (Phi) is 7.77. The number of aliphatic hydroxyl groups is 1. The molecule has 2 unspecified atom stereocenters. The highest BCUT2D eigenvalue weighted by molar-refractivity contribution is 7.15.